The number of morpholine rings is 1. The molecule has 0 aromatic heterocycles. The van der Waals surface area contributed by atoms with Crippen LogP contribution >= 0.6 is 0 Å². The molecule has 3 rings (SSSR count). The summed E-state index contributed by atoms with van der Waals surface area (Å²) in [6, 6.07) is 5.78. The van der Waals surface area contributed by atoms with Gasteiger partial charge in [0.1, 0.15) is 0 Å². The van der Waals surface area contributed by atoms with Gasteiger partial charge in [0.15, 0.2) is 6.10 Å². The van der Waals surface area contributed by atoms with E-state index in [1.54, 1.807) is 0 Å². The predicted molar refractivity (Wildman–Crippen MR) is 92.3 cm³/mol. The van der Waals surface area contributed by atoms with Crippen molar-refractivity contribution in [3.05, 3.63) is 29.8 Å². The van der Waals surface area contributed by atoms with Crippen molar-refractivity contribution < 1.29 is 27.9 Å². The Morgan fingerprint density at radius 1 is 1.23 bits per heavy atom. The molecule has 1 atom stereocenters. The number of carboxylic acids is 1. The zero-order valence-electron chi connectivity index (χ0n) is 14.3. The predicted octanol–water partition coefficient (Wildman–Crippen LogP) is 0.833. The highest BCUT2D eigenvalue weighted by Crippen LogP contribution is 2.21. The van der Waals surface area contributed by atoms with Gasteiger partial charge >= 0.3 is 5.97 Å². The molecule has 1 aliphatic carbocycles. The number of carboxylic acid groups (broad SMARTS) is 1. The van der Waals surface area contributed by atoms with Gasteiger partial charge in [-0.1, -0.05) is 18.9 Å². The quantitative estimate of drug-likeness (QED) is 0.780. The Balaban J connectivity index is 1.75. The average molecular weight is 382 g/mol. The van der Waals surface area contributed by atoms with E-state index in [0.717, 1.165) is 25.7 Å². The van der Waals surface area contributed by atoms with Crippen molar-refractivity contribution in [3.8, 4) is 0 Å². The van der Waals surface area contributed by atoms with Gasteiger partial charge in [0, 0.05) is 18.2 Å². The third-order valence-electron chi connectivity index (χ3n) is 4.70. The molecule has 0 radical (unpaired) electrons. The van der Waals surface area contributed by atoms with Gasteiger partial charge in [-0.3, -0.25) is 4.79 Å². The van der Waals surface area contributed by atoms with Crippen molar-refractivity contribution in [2.24, 2.45) is 0 Å². The summed E-state index contributed by atoms with van der Waals surface area (Å²) in [5.41, 5.74) is 0.213. The van der Waals surface area contributed by atoms with Crippen LogP contribution in [-0.4, -0.2) is 62.1 Å². The summed E-state index contributed by atoms with van der Waals surface area (Å²) in [6.07, 6.45) is 2.59. The molecule has 2 aliphatic rings. The zero-order chi connectivity index (χ0) is 18.7. The molecule has 26 heavy (non-hydrogen) atoms. The molecule has 2 fully saturated rings. The van der Waals surface area contributed by atoms with E-state index < -0.39 is 28.0 Å². The minimum atomic E-state index is -3.69. The number of hydrogen-bond acceptors (Lipinski definition) is 5. The highest BCUT2D eigenvalue weighted by Gasteiger charge is 2.30. The van der Waals surface area contributed by atoms with Crippen molar-refractivity contribution in [3.63, 3.8) is 0 Å². The van der Waals surface area contributed by atoms with Gasteiger partial charge in [0.05, 0.1) is 18.0 Å². The Morgan fingerprint density at radius 2 is 1.96 bits per heavy atom. The number of hydrogen-bond donors (Lipinski definition) is 2. The number of benzene rings is 1. The van der Waals surface area contributed by atoms with E-state index in [9.17, 15) is 18.0 Å². The topological polar surface area (TPSA) is 113 Å². The van der Waals surface area contributed by atoms with E-state index in [1.807, 2.05) is 0 Å². The molecular weight excluding hydrogens is 360 g/mol. The Morgan fingerprint density at radius 3 is 2.65 bits per heavy atom. The number of carbonyl (C=O) groups excluding carboxylic acids is 1. The van der Waals surface area contributed by atoms with Gasteiger partial charge in [-0.05, 0) is 31.0 Å². The number of ether oxygens (including phenoxy) is 1. The highest BCUT2D eigenvalue weighted by atomic mass is 32.2. The minimum absolute atomic E-state index is 0.0401. The molecule has 9 heteroatoms. The number of aliphatic carboxylic acids is 1. The smallest absolute Gasteiger partial charge is 0.334 e. The first-order valence-corrected chi connectivity index (χ1v) is 10.1. The monoisotopic (exact) mass is 382 g/mol. The molecule has 142 valence electrons. The van der Waals surface area contributed by atoms with Crippen molar-refractivity contribution in [2.75, 3.05) is 19.7 Å². The minimum Gasteiger partial charge on any atom is -0.479 e. The maximum Gasteiger partial charge on any atom is 0.334 e. The Bertz CT molecular complexity index is 788. The molecule has 1 heterocycles. The van der Waals surface area contributed by atoms with Gasteiger partial charge in [0.25, 0.3) is 5.91 Å². The van der Waals surface area contributed by atoms with Crippen LogP contribution in [0.5, 0.6) is 0 Å². The van der Waals surface area contributed by atoms with Crippen LogP contribution in [0.3, 0.4) is 0 Å². The normalized spacial score (nSPS) is 21.7. The first-order valence-electron chi connectivity index (χ1n) is 8.63. The van der Waals surface area contributed by atoms with Gasteiger partial charge in [-0.25, -0.2) is 17.9 Å². The van der Waals surface area contributed by atoms with E-state index in [0.29, 0.717) is 0 Å². The van der Waals surface area contributed by atoms with Crippen molar-refractivity contribution in [1.82, 2.24) is 9.62 Å². The Kier molecular flexibility index (Phi) is 5.59. The number of nitrogens with one attached hydrogen (secondary N) is 1. The maximum absolute atomic E-state index is 12.7. The van der Waals surface area contributed by atoms with Crippen LogP contribution in [0.15, 0.2) is 29.2 Å². The second-order valence-corrected chi connectivity index (χ2v) is 8.29. The molecule has 2 N–H and O–H groups in total. The van der Waals surface area contributed by atoms with Crippen molar-refractivity contribution in [1.29, 1.82) is 0 Å². The zero-order valence-corrected chi connectivity index (χ0v) is 15.1. The van der Waals surface area contributed by atoms with Crippen LogP contribution in [0.25, 0.3) is 0 Å². The third kappa shape index (κ3) is 4.22. The summed E-state index contributed by atoms with van der Waals surface area (Å²) in [5.74, 6) is -1.53. The van der Waals surface area contributed by atoms with Crippen LogP contribution in [0.4, 0.5) is 0 Å². The number of sulfonamides is 1. The van der Waals surface area contributed by atoms with Crippen LogP contribution in [0.1, 0.15) is 36.0 Å². The summed E-state index contributed by atoms with van der Waals surface area (Å²) in [4.78, 5) is 25.1. The van der Waals surface area contributed by atoms with Crippen LogP contribution in [0.2, 0.25) is 0 Å². The van der Waals surface area contributed by atoms with Gasteiger partial charge in [0.2, 0.25) is 10.0 Å². The summed E-state index contributed by atoms with van der Waals surface area (Å²) < 4.78 is 32.9. The lowest BCUT2D eigenvalue weighted by Crippen LogP contribution is -2.48. The van der Waals surface area contributed by atoms with Gasteiger partial charge in [-0.2, -0.15) is 0 Å². The summed E-state index contributed by atoms with van der Waals surface area (Å²) >= 11 is 0. The summed E-state index contributed by atoms with van der Waals surface area (Å²) in [5, 5.41) is 9.04. The molecule has 1 unspecified atom stereocenters. The fourth-order valence-corrected chi connectivity index (χ4v) is 4.64. The van der Waals surface area contributed by atoms with Crippen LogP contribution < -0.4 is 4.72 Å². The van der Waals surface area contributed by atoms with Gasteiger partial charge in [-0.15, -0.1) is 0 Å². The molecular formula is C17H22N2O6S. The van der Waals surface area contributed by atoms with E-state index in [4.69, 9.17) is 9.84 Å². The van der Waals surface area contributed by atoms with Crippen LogP contribution in [0, 0.1) is 0 Å². The fraction of sp³-hybridized carbons (Fsp3) is 0.529. The third-order valence-corrected chi connectivity index (χ3v) is 6.22. The number of carbonyl (C=O) groups is 2. The number of rotatable bonds is 5. The Hall–Kier alpha value is -1.97. The summed E-state index contributed by atoms with van der Waals surface area (Å²) in [6.45, 7) is 0.329. The van der Waals surface area contributed by atoms with E-state index in [-0.39, 0.29) is 36.2 Å². The van der Waals surface area contributed by atoms with E-state index in [2.05, 4.69) is 4.72 Å². The highest BCUT2D eigenvalue weighted by molar-refractivity contribution is 7.89. The average Bonchev–Trinajstić information content (AvgIpc) is 3.13. The van der Waals surface area contributed by atoms with E-state index >= 15 is 0 Å². The molecule has 1 amide bonds. The fourth-order valence-electron chi connectivity index (χ4n) is 3.29. The summed E-state index contributed by atoms with van der Waals surface area (Å²) in [7, 11) is -3.69. The number of nitrogens with zero attached hydrogens (tertiary/aromatic N) is 1. The number of amides is 1. The first kappa shape index (κ1) is 18.8. The lowest BCUT2D eigenvalue weighted by atomic mass is 10.1. The van der Waals surface area contributed by atoms with Crippen molar-refractivity contribution >= 4 is 21.9 Å². The standard InChI is InChI=1S/C17H22N2O6S/c20-16(19-8-9-25-15(11-19)17(21)22)12-4-3-7-14(10-12)26(23,24)18-13-5-1-2-6-13/h3-4,7,10,13,15,18H,1-2,5-6,8-9,11H2,(H,21,22). The van der Waals surface area contributed by atoms with E-state index in [1.165, 1.54) is 29.2 Å². The molecule has 1 aliphatic heterocycles. The first-order chi connectivity index (χ1) is 12.4. The molecule has 0 spiro atoms. The molecule has 1 saturated heterocycles. The Labute approximate surface area is 152 Å². The molecule has 0 bridgehead atoms. The van der Waals surface area contributed by atoms with Gasteiger partial charge < -0.3 is 14.7 Å². The largest absolute Gasteiger partial charge is 0.479 e. The van der Waals surface area contributed by atoms with Crippen LogP contribution in [-0.2, 0) is 19.6 Å². The van der Waals surface area contributed by atoms with Crippen molar-refractivity contribution in [2.45, 2.75) is 42.7 Å². The second kappa shape index (κ2) is 7.73. The second-order valence-electron chi connectivity index (χ2n) is 6.58. The lowest BCUT2D eigenvalue weighted by molar-refractivity contribution is -0.154. The lowest BCUT2D eigenvalue weighted by Gasteiger charge is -2.31. The molecule has 8 nitrogen and oxygen atoms in total. The SMILES string of the molecule is O=C(O)C1CN(C(=O)c2cccc(S(=O)(=O)NC3CCCC3)c2)CCO1. The molecule has 1 aromatic carbocycles. The maximum atomic E-state index is 12.7. The molecule has 1 aromatic rings. The molecule has 1 saturated carbocycles.